The Bertz CT molecular complexity index is 371. The van der Waals surface area contributed by atoms with Crippen molar-refractivity contribution in [2.24, 2.45) is 11.3 Å². The van der Waals surface area contributed by atoms with Crippen LogP contribution in [0, 0.1) is 5.41 Å². The number of hydrogen-bond donors (Lipinski definition) is 2. The van der Waals surface area contributed by atoms with Crippen LogP contribution in [-0.4, -0.2) is 49.8 Å². The second-order valence-corrected chi connectivity index (χ2v) is 8.27. The molecule has 0 aromatic heterocycles. The maximum atomic E-state index is 12.3. The maximum Gasteiger partial charge on any atom is 0.281 e. The van der Waals surface area contributed by atoms with Gasteiger partial charge in [-0.25, -0.2) is 0 Å². The van der Waals surface area contributed by atoms with Crippen LogP contribution in [0.5, 0.6) is 0 Å². The Morgan fingerprint density at radius 3 is 2.11 bits per heavy atom. The molecule has 0 aromatic rings. The van der Waals surface area contributed by atoms with Crippen molar-refractivity contribution in [2.75, 3.05) is 20.6 Å². The molecule has 0 heterocycles. The van der Waals surface area contributed by atoms with Gasteiger partial charge in [0.25, 0.3) is 10.2 Å². The van der Waals surface area contributed by atoms with Gasteiger partial charge in [-0.15, -0.1) is 0 Å². The Morgan fingerprint density at radius 1 is 1.33 bits per heavy atom. The van der Waals surface area contributed by atoms with Crippen LogP contribution in [-0.2, 0) is 10.2 Å². The van der Waals surface area contributed by atoms with E-state index in [1.165, 1.54) is 4.31 Å². The molecule has 108 valence electrons. The Labute approximate surface area is 111 Å². The normalized spacial score (nSPS) is 19.6. The molecule has 0 saturated heterocycles. The lowest BCUT2D eigenvalue weighted by Crippen LogP contribution is -2.54. The fourth-order valence-corrected chi connectivity index (χ4v) is 3.10. The van der Waals surface area contributed by atoms with Crippen molar-refractivity contribution in [3.8, 4) is 0 Å². The molecule has 6 nitrogen and oxygen atoms in total. The van der Waals surface area contributed by atoms with Crippen LogP contribution >= 0.6 is 0 Å². The SMILES string of the molecule is CN(C)S(=O)(=O)N(C[C@@H](NN)C(C)(C)C)C1CC1. The summed E-state index contributed by atoms with van der Waals surface area (Å²) in [6.07, 6.45) is 1.88. The smallest absolute Gasteiger partial charge is 0.271 e. The van der Waals surface area contributed by atoms with E-state index in [9.17, 15) is 8.42 Å². The maximum absolute atomic E-state index is 12.3. The molecule has 1 aliphatic rings. The van der Waals surface area contributed by atoms with E-state index in [1.54, 1.807) is 18.4 Å². The largest absolute Gasteiger partial charge is 0.281 e. The summed E-state index contributed by atoms with van der Waals surface area (Å²) >= 11 is 0. The first-order valence-corrected chi connectivity index (χ1v) is 7.66. The number of hydrazine groups is 1. The van der Waals surface area contributed by atoms with E-state index in [1.807, 2.05) is 20.8 Å². The highest BCUT2D eigenvalue weighted by Crippen LogP contribution is 2.32. The van der Waals surface area contributed by atoms with Crippen LogP contribution in [0.25, 0.3) is 0 Å². The highest BCUT2D eigenvalue weighted by atomic mass is 32.2. The molecule has 1 aliphatic carbocycles. The lowest BCUT2D eigenvalue weighted by atomic mass is 9.87. The van der Waals surface area contributed by atoms with Crippen molar-refractivity contribution in [2.45, 2.75) is 45.7 Å². The van der Waals surface area contributed by atoms with Crippen molar-refractivity contribution in [3.05, 3.63) is 0 Å². The van der Waals surface area contributed by atoms with E-state index in [0.717, 1.165) is 12.8 Å². The quantitative estimate of drug-likeness (QED) is 0.535. The molecule has 0 unspecified atom stereocenters. The molecule has 1 fully saturated rings. The molecule has 3 N–H and O–H groups in total. The van der Waals surface area contributed by atoms with Crippen LogP contribution < -0.4 is 11.3 Å². The molecule has 0 spiro atoms. The van der Waals surface area contributed by atoms with Crippen LogP contribution in [0.15, 0.2) is 0 Å². The molecule has 0 aromatic carbocycles. The molecule has 0 radical (unpaired) electrons. The van der Waals surface area contributed by atoms with Crippen LogP contribution in [0.1, 0.15) is 33.6 Å². The molecular weight excluding hydrogens is 252 g/mol. The number of nitrogens with one attached hydrogen (secondary N) is 1. The zero-order valence-electron chi connectivity index (χ0n) is 12.0. The summed E-state index contributed by atoms with van der Waals surface area (Å²) in [6.45, 7) is 6.55. The fraction of sp³-hybridized carbons (Fsp3) is 1.00. The average Bonchev–Trinajstić information content (AvgIpc) is 3.00. The summed E-state index contributed by atoms with van der Waals surface area (Å²) in [4.78, 5) is 0. The van der Waals surface area contributed by atoms with Crippen molar-refractivity contribution in [1.82, 2.24) is 14.0 Å². The van der Waals surface area contributed by atoms with Crippen LogP contribution in [0.2, 0.25) is 0 Å². The Morgan fingerprint density at radius 2 is 1.83 bits per heavy atom. The molecule has 7 heteroatoms. The van der Waals surface area contributed by atoms with Gasteiger partial charge in [-0.1, -0.05) is 20.8 Å². The molecular formula is C11H26N4O2S. The van der Waals surface area contributed by atoms with E-state index in [0.29, 0.717) is 6.54 Å². The summed E-state index contributed by atoms with van der Waals surface area (Å²) in [7, 11) is -0.246. The van der Waals surface area contributed by atoms with Gasteiger partial charge in [-0.05, 0) is 18.3 Å². The van der Waals surface area contributed by atoms with Gasteiger partial charge in [0.1, 0.15) is 0 Å². The van der Waals surface area contributed by atoms with Crippen molar-refractivity contribution >= 4 is 10.2 Å². The zero-order valence-corrected chi connectivity index (χ0v) is 12.8. The first kappa shape index (κ1) is 15.8. The topological polar surface area (TPSA) is 78.7 Å². The molecule has 0 aliphatic heterocycles. The lowest BCUT2D eigenvalue weighted by molar-refractivity contribution is 0.218. The van der Waals surface area contributed by atoms with E-state index >= 15 is 0 Å². The molecule has 1 atom stereocenters. The van der Waals surface area contributed by atoms with Crippen LogP contribution in [0.4, 0.5) is 0 Å². The Balaban J connectivity index is 2.88. The summed E-state index contributed by atoms with van der Waals surface area (Å²) in [6, 6.07) is 0.0587. The van der Waals surface area contributed by atoms with Crippen molar-refractivity contribution in [3.63, 3.8) is 0 Å². The second-order valence-electron chi connectivity index (χ2n) is 6.18. The highest BCUT2D eigenvalue weighted by molar-refractivity contribution is 7.86. The van der Waals surface area contributed by atoms with Gasteiger partial charge in [0, 0.05) is 32.7 Å². The standard InChI is InChI=1S/C11H26N4O2S/c1-11(2,3)10(13-12)8-15(9-6-7-9)18(16,17)14(4)5/h9-10,13H,6-8,12H2,1-5H3/t10-/m1/s1. The zero-order chi connectivity index (χ0) is 14.1. The third-order valence-electron chi connectivity index (χ3n) is 3.32. The fourth-order valence-electron chi connectivity index (χ4n) is 1.76. The average molecular weight is 278 g/mol. The van der Waals surface area contributed by atoms with Gasteiger partial charge < -0.3 is 0 Å². The first-order valence-electron chi connectivity index (χ1n) is 6.26. The van der Waals surface area contributed by atoms with Gasteiger partial charge in [0.05, 0.1) is 0 Å². The number of hydrogen-bond acceptors (Lipinski definition) is 4. The van der Waals surface area contributed by atoms with E-state index in [-0.39, 0.29) is 17.5 Å². The van der Waals surface area contributed by atoms with E-state index in [4.69, 9.17) is 5.84 Å². The minimum Gasteiger partial charge on any atom is -0.271 e. The minimum absolute atomic E-state index is 0.0761. The molecule has 18 heavy (non-hydrogen) atoms. The van der Waals surface area contributed by atoms with Gasteiger partial charge in [-0.2, -0.15) is 17.0 Å². The summed E-state index contributed by atoms with van der Waals surface area (Å²) in [5, 5.41) is 0. The summed E-state index contributed by atoms with van der Waals surface area (Å²) in [5.41, 5.74) is 2.65. The van der Waals surface area contributed by atoms with E-state index in [2.05, 4.69) is 5.43 Å². The molecule has 0 bridgehead atoms. The minimum atomic E-state index is -3.37. The third-order valence-corrected chi connectivity index (χ3v) is 5.28. The summed E-state index contributed by atoms with van der Waals surface area (Å²) in [5.74, 6) is 5.56. The van der Waals surface area contributed by atoms with Gasteiger partial charge in [0.15, 0.2) is 0 Å². The summed E-state index contributed by atoms with van der Waals surface area (Å²) < 4.78 is 27.4. The third kappa shape index (κ3) is 3.64. The predicted octanol–water partition coefficient (Wildman–Crippen LogP) is 0.135. The Kier molecular flexibility index (Phi) is 4.77. The van der Waals surface area contributed by atoms with Crippen molar-refractivity contribution < 1.29 is 8.42 Å². The van der Waals surface area contributed by atoms with Crippen LogP contribution in [0.3, 0.4) is 0 Å². The first-order chi connectivity index (χ1) is 8.10. The number of rotatable bonds is 6. The highest BCUT2D eigenvalue weighted by Gasteiger charge is 2.41. The molecule has 1 rings (SSSR count). The van der Waals surface area contributed by atoms with Crippen molar-refractivity contribution in [1.29, 1.82) is 0 Å². The predicted molar refractivity (Wildman–Crippen MR) is 72.9 cm³/mol. The van der Waals surface area contributed by atoms with E-state index < -0.39 is 10.2 Å². The Hall–Kier alpha value is -0.210. The lowest BCUT2D eigenvalue weighted by Gasteiger charge is -2.35. The monoisotopic (exact) mass is 278 g/mol. The molecule has 1 saturated carbocycles. The number of nitrogens with two attached hydrogens (primary N) is 1. The second kappa shape index (κ2) is 5.42. The van der Waals surface area contributed by atoms with Gasteiger partial charge >= 0.3 is 0 Å². The van der Waals surface area contributed by atoms with Gasteiger partial charge in [0.2, 0.25) is 0 Å². The molecule has 0 amide bonds. The van der Waals surface area contributed by atoms with Gasteiger partial charge in [-0.3, -0.25) is 11.3 Å². The number of nitrogens with zero attached hydrogens (tertiary/aromatic N) is 2.